The van der Waals surface area contributed by atoms with Gasteiger partial charge in [0.1, 0.15) is 11.5 Å². The molecular weight excluding hydrogens is 456 g/mol. The Kier molecular flexibility index (Phi) is 7.20. The molecule has 2 N–H and O–H groups in total. The molecule has 0 saturated carbocycles. The van der Waals surface area contributed by atoms with Gasteiger partial charge in [-0.1, -0.05) is 51.1 Å². The van der Waals surface area contributed by atoms with Crippen molar-refractivity contribution in [2.75, 3.05) is 11.9 Å². The molecule has 0 saturated heterocycles. The van der Waals surface area contributed by atoms with Crippen LogP contribution in [0.5, 0.6) is 11.5 Å². The number of benzene rings is 3. The Morgan fingerprint density at radius 3 is 2.22 bits per heavy atom. The number of aromatic amines is 1. The standard InChI is InChI=1S/C29H28N2O5/c1-4-29(2,3)19-9-13-21(14-10-19)36-22-15-11-20(12-16-22)30-27(33)18-35-28(34)24-17-26(32)31-25-8-6-5-7-23(24)25/h5-17H,4,18H2,1-3H3,(H,30,33)(H,31,32). The fourth-order valence-corrected chi connectivity index (χ4v) is 3.70. The number of H-pyrrole nitrogens is 1. The molecule has 4 rings (SSSR count). The van der Waals surface area contributed by atoms with Crippen LogP contribution < -0.4 is 15.6 Å². The molecular formula is C29H28N2O5. The van der Waals surface area contributed by atoms with Crippen molar-refractivity contribution in [1.82, 2.24) is 4.98 Å². The molecule has 184 valence electrons. The molecule has 7 heteroatoms. The Bertz CT molecular complexity index is 1440. The highest BCUT2D eigenvalue weighted by Gasteiger charge is 2.18. The van der Waals surface area contributed by atoms with Crippen LogP contribution in [0.4, 0.5) is 5.69 Å². The second kappa shape index (κ2) is 10.5. The number of anilines is 1. The van der Waals surface area contributed by atoms with Crippen LogP contribution in [-0.2, 0) is 14.9 Å². The van der Waals surface area contributed by atoms with Crippen LogP contribution in [0, 0.1) is 0 Å². The molecule has 36 heavy (non-hydrogen) atoms. The van der Waals surface area contributed by atoms with Crippen molar-refractivity contribution in [2.45, 2.75) is 32.6 Å². The maximum atomic E-state index is 12.5. The molecule has 1 aromatic heterocycles. The average Bonchev–Trinajstić information content (AvgIpc) is 2.88. The highest BCUT2D eigenvalue weighted by atomic mass is 16.5. The number of para-hydroxylation sites is 1. The summed E-state index contributed by atoms with van der Waals surface area (Å²) in [4.78, 5) is 39.3. The van der Waals surface area contributed by atoms with Crippen LogP contribution in [0.1, 0.15) is 43.1 Å². The Labute approximate surface area is 209 Å². The van der Waals surface area contributed by atoms with E-state index in [9.17, 15) is 14.4 Å². The smallest absolute Gasteiger partial charge is 0.339 e. The second-order valence-electron chi connectivity index (χ2n) is 9.11. The summed E-state index contributed by atoms with van der Waals surface area (Å²) >= 11 is 0. The number of pyridine rings is 1. The van der Waals surface area contributed by atoms with Gasteiger partial charge in [0.2, 0.25) is 5.56 Å². The Morgan fingerprint density at radius 1 is 0.917 bits per heavy atom. The van der Waals surface area contributed by atoms with Gasteiger partial charge in [0.05, 0.1) is 5.56 Å². The zero-order valence-corrected chi connectivity index (χ0v) is 20.5. The average molecular weight is 485 g/mol. The summed E-state index contributed by atoms with van der Waals surface area (Å²) in [7, 11) is 0. The van der Waals surface area contributed by atoms with E-state index >= 15 is 0 Å². The Morgan fingerprint density at radius 2 is 1.56 bits per heavy atom. The number of hydrogen-bond acceptors (Lipinski definition) is 5. The summed E-state index contributed by atoms with van der Waals surface area (Å²) in [5.74, 6) is 0.106. The first kappa shape index (κ1) is 24.7. The topological polar surface area (TPSA) is 97.5 Å². The third-order valence-corrected chi connectivity index (χ3v) is 6.20. The molecule has 0 atom stereocenters. The lowest BCUT2D eigenvalue weighted by Gasteiger charge is -2.23. The maximum absolute atomic E-state index is 12.5. The monoisotopic (exact) mass is 484 g/mol. The van der Waals surface area contributed by atoms with Crippen LogP contribution in [0.3, 0.4) is 0 Å². The minimum absolute atomic E-state index is 0.106. The number of esters is 1. The summed E-state index contributed by atoms with van der Waals surface area (Å²) in [6.45, 7) is 6.10. The van der Waals surface area contributed by atoms with E-state index in [4.69, 9.17) is 9.47 Å². The molecule has 0 radical (unpaired) electrons. The fraction of sp³-hybridized carbons (Fsp3) is 0.207. The summed E-state index contributed by atoms with van der Waals surface area (Å²) in [6.07, 6.45) is 1.04. The van der Waals surface area contributed by atoms with Crippen molar-refractivity contribution in [3.63, 3.8) is 0 Å². The first-order chi connectivity index (χ1) is 17.2. The van der Waals surface area contributed by atoms with Crippen molar-refractivity contribution >= 4 is 28.5 Å². The molecule has 1 amide bonds. The van der Waals surface area contributed by atoms with Gasteiger partial charge in [0.15, 0.2) is 6.61 Å². The highest BCUT2D eigenvalue weighted by molar-refractivity contribution is 6.04. The van der Waals surface area contributed by atoms with Crippen LogP contribution in [0.25, 0.3) is 10.9 Å². The minimum atomic E-state index is -0.746. The minimum Gasteiger partial charge on any atom is -0.457 e. The predicted molar refractivity (Wildman–Crippen MR) is 140 cm³/mol. The first-order valence-electron chi connectivity index (χ1n) is 11.7. The molecule has 3 aromatic carbocycles. The lowest BCUT2D eigenvalue weighted by molar-refractivity contribution is -0.119. The molecule has 0 aliphatic heterocycles. The van der Waals surface area contributed by atoms with E-state index in [1.165, 1.54) is 11.6 Å². The van der Waals surface area contributed by atoms with E-state index in [0.29, 0.717) is 22.3 Å². The lowest BCUT2D eigenvalue weighted by atomic mass is 9.82. The highest BCUT2D eigenvalue weighted by Crippen LogP contribution is 2.30. The molecule has 0 bridgehead atoms. The molecule has 4 aromatic rings. The van der Waals surface area contributed by atoms with Crippen molar-refractivity contribution in [2.24, 2.45) is 0 Å². The number of rotatable bonds is 8. The van der Waals surface area contributed by atoms with Crippen LogP contribution in [-0.4, -0.2) is 23.5 Å². The number of amides is 1. The van der Waals surface area contributed by atoms with Crippen molar-refractivity contribution in [1.29, 1.82) is 0 Å². The number of nitrogens with one attached hydrogen (secondary N) is 2. The zero-order valence-electron chi connectivity index (χ0n) is 20.5. The van der Waals surface area contributed by atoms with E-state index in [2.05, 4.69) is 43.2 Å². The van der Waals surface area contributed by atoms with Gasteiger partial charge in [-0.15, -0.1) is 0 Å². The number of carbonyl (C=O) groups excluding carboxylic acids is 2. The van der Waals surface area contributed by atoms with Gasteiger partial charge in [-0.25, -0.2) is 4.79 Å². The number of ether oxygens (including phenoxy) is 2. The number of aromatic nitrogens is 1. The third-order valence-electron chi connectivity index (χ3n) is 6.20. The van der Waals surface area contributed by atoms with E-state index < -0.39 is 24.0 Å². The quantitative estimate of drug-likeness (QED) is 0.308. The predicted octanol–water partition coefficient (Wildman–Crippen LogP) is 5.80. The summed E-state index contributed by atoms with van der Waals surface area (Å²) in [5.41, 5.74) is 2.10. The van der Waals surface area contributed by atoms with E-state index in [1.54, 1.807) is 48.5 Å². The SMILES string of the molecule is CCC(C)(C)c1ccc(Oc2ccc(NC(=O)COC(=O)c3cc(=O)[nH]c4ccccc34)cc2)cc1. The van der Waals surface area contributed by atoms with E-state index in [0.717, 1.165) is 12.2 Å². The van der Waals surface area contributed by atoms with Crippen LogP contribution in [0.2, 0.25) is 0 Å². The van der Waals surface area contributed by atoms with Crippen LogP contribution >= 0.6 is 0 Å². The van der Waals surface area contributed by atoms with Crippen molar-refractivity contribution in [3.8, 4) is 11.5 Å². The Balaban J connectivity index is 1.32. The first-order valence-corrected chi connectivity index (χ1v) is 11.7. The molecule has 0 aliphatic rings. The van der Waals surface area contributed by atoms with E-state index in [1.807, 2.05) is 12.1 Å². The van der Waals surface area contributed by atoms with Crippen molar-refractivity contribution in [3.05, 3.63) is 100 Å². The number of carbonyl (C=O) groups is 2. The van der Waals surface area contributed by atoms with Gasteiger partial charge in [0.25, 0.3) is 5.91 Å². The molecule has 0 unspecified atom stereocenters. The van der Waals surface area contributed by atoms with Gasteiger partial charge in [-0.3, -0.25) is 9.59 Å². The summed E-state index contributed by atoms with van der Waals surface area (Å²) in [5, 5.41) is 3.22. The normalized spacial score (nSPS) is 11.2. The molecule has 0 aliphatic carbocycles. The fourth-order valence-electron chi connectivity index (χ4n) is 3.70. The largest absolute Gasteiger partial charge is 0.457 e. The zero-order chi connectivity index (χ0) is 25.7. The molecule has 7 nitrogen and oxygen atoms in total. The van der Waals surface area contributed by atoms with Gasteiger partial charge < -0.3 is 19.8 Å². The Hall–Kier alpha value is -4.39. The second-order valence-corrected chi connectivity index (χ2v) is 9.11. The van der Waals surface area contributed by atoms with E-state index in [-0.39, 0.29) is 11.0 Å². The van der Waals surface area contributed by atoms with Gasteiger partial charge in [0, 0.05) is 22.7 Å². The maximum Gasteiger partial charge on any atom is 0.339 e. The van der Waals surface area contributed by atoms with Gasteiger partial charge >= 0.3 is 5.97 Å². The van der Waals surface area contributed by atoms with Crippen LogP contribution in [0.15, 0.2) is 83.7 Å². The third kappa shape index (κ3) is 5.81. The lowest BCUT2D eigenvalue weighted by Crippen LogP contribution is -2.21. The molecule has 1 heterocycles. The molecule has 0 spiro atoms. The van der Waals surface area contributed by atoms with Gasteiger partial charge in [-0.2, -0.15) is 0 Å². The molecule has 0 fully saturated rings. The number of fused-ring (bicyclic) bond motifs is 1. The number of hydrogen-bond donors (Lipinski definition) is 2. The summed E-state index contributed by atoms with van der Waals surface area (Å²) < 4.78 is 11.0. The van der Waals surface area contributed by atoms with Gasteiger partial charge in [-0.05, 0) is 59.9 Å². The summed E-state index contributed by atoms with van der Waals surface area (Å²) in [6, 6.07) is 23.0. The van der Waals surface area contributed by atoms with Crippen molar-refractivity contribution < 1.29 is 19.1 Å².